The summed E-state index contributed by atoms with van der Waals surface area (Å²) < 4.78 is 2.14. The zero-order valence-electron chi connectivity index (χ0n) is 10.0. The van der Waals surface area contributed by atoms with Crippen molar-refractivity contribution < 1.29 is 0 Å². The molecular weight excluding hydrogens is 208 g/mol. The van der Waals surface area contributed by atoms with E-state index in [1.54, 1.807) is 0 Å². The second-order valence-corrected chi connectivity index (χ2v) is 4.35. The van der Waals surface area contributed by atoms with Gasteiger partial charge in [0.25, 0.3) is 0 Å². The standard InChI is InChI=1S/C12H21ClN2/c1-4-12-10(2)14-15(11(12)3)9-7-5-6-8-13/h4-9H2,1-3H3. The van der Waals surface area contributed by atoms with Gasteiger partial charge in [0.2, 0.25) is 0 Å². The van der Waals surface area contributed by atoms with Gasteiger partial charge in [-0.15, -0.1) is 11.6 Å². The Labute approximate surface area is 97.6 Å². The van der Waals surface area contributed by atoms with Gasteiger partial charge in [-0.3, -0.25) is 4.68 Å². The van der Waals surface area contributed by atoms with E-state index in [0.29, 0.717) is 0 Å². The fourth-order valence-corrected chi connectivity index (χ4v) is 2.19. The zero-order chi connectivity index (χ0) is 11.3. The Bertz CT molecular complexity index is 305. The second kappa shape index (κ2) is 6.16. The lowest BCUT2D eigenvalue weighted by Gasteiger charge is -2.04. The van der Waals surface area contributed by atoms with Crippen LogP contribution in [0.2, 0.25) is 0 Å². The molecule has 0 fully saturated rings. The Kier molecular flexibility index (Phi) is 5.16. The van der Waals surface area contributed by atoms with E-state index in [4.69, 9.17) is 11.6 Å². The van der Waals surface area contributed by atoms with E-state index < -0.39 is 0 Å². The fourth-order valence-electron chi connectivity index (χ4n) is 2.00. The van der Waals surface area contributed by atoms with Gasteiger partial charge in [-0.25, -0.2) is 0 Å². The lowest BCUT2D eigenvalue weighted by atomic mass is 10.1. The fraction of sp³-hybridized carbons (Fsp3) is 0.750. The molecule has 0 N–H and O–H groups in total. The molecule has 15 heavy (non-hydrogen) atoms. The summed E-state index contributed by atoms with van der Waals surface area (Å²) in [5.74, 6) is 0.775. The number of alkyl halides is 1. The molecule has 0 bridgehead atoms. The van der Waals surface area contributed by atoms with Crippen molar-refractivity contribution in [1.29, 1.82) is 0 Å². The highest BCUT2D eigenvalue weighted by Crippen LogP contribution is 2.14. The number of hydrogen-bond acceptors (Lipinski definition) is 1. The molecule has 0 aliphatic heterocycles. The van der Waals surface area contributed by atoms with Crippen LogP contribution >= 0.6 is 11.6 Å². The minimum absolute atomic E-state index is 0.775. The maximum atomic E-state index is 5.64. The number of aryl methyl sites for hydroxylation is 2. The number of nitrogens with zero attached hydrogens (tertiary/aromatic N) is 2. The van der Waals surface area contributed by atoms with Crippen molar-refractivity contribution in [3.8, 4) is 0 Å². The summed E-state index contributed by atoms with van der Waals surface area (Å²) >= 11 is 5.64. The highest BCUT2D eigenvalue weighted by Gasteiger charge is 2.08. The molecule has 0 saturated heterocycles. The van der Waals surface area contributed by atoms with Crippen LogP contribution in [0.4, 0.5) is 0 Å². The molecule has 0 amide bonds. The largest absolute Gasteiger partial charge is 0.269 e. The van der Waals surface area contributed by atoms with E-state index in [1.165, 1.54) is 29.8 Å². The molecule has 0 aromatic carbocycles. The summed E-state index contributed by atoms with van der Waals surface area (Å²) in [4.78, 5) is 0. The first-order valence-corrected chi connectivity index (χ1v) is 6.33. The number of halogens is 1. The SMILES string of the molecule is CCc1c(C)nn(CCCCCCl)c1C. The number of rotatable bonds is 6. The summed E-state index contributed by atoms with van der Waals surface area (Å²) in [6.45, 7) is 7.49. The summed E-state index contributed by atoms with van der Waals surface area (Å²) in [5, 5.41) is 4.56. The molecule has 0 atom stereocenters. The molecule has 1 aromatic heterocycles. The Balaban J connectivity index is 2.54. The highest BCUT2D eigenvalue weighted by atomic mass is 35.5. The molecule has 2 nitrogen and oxygen atoms in total. The summed E-state index contributed by atoms with van der Waals surface area (Å²) in [6, 6.07) is 0. The van der Waals surface area contributed by atoms with Crippen LogP contribution in [-0.4, -0.2) is 15.7 Å². The minimum atomic E-state index is 0.775. The Morgan fingerprint density at radius 1 is 1.20 bits per heavy atom. The van der Waals surface area contributed by atoms with Crippen molar-refractivity contribution in [3.05, 3.63) is 17.0 Å². The normalized spacial score (nSPS) is 10.9. The third-order valence-corrected chi connectivity index (χ3v) is 3.16. The molecule has 3 heteroatoms. The predicted octanol–water partition coefficient (Wildman–Crippen LogP) is 3.47. The molecular formula is C12H21ClN2. The van der Waals surface area contributed by atoms with Crippen LogP contribution in [0.5, 0.6) is 0 Å². The molecule has 0 unspecified atom stereocenters. The number of aromatic nitrogens is 2. The van der Waals surface area contributed by atoms with Crippen molar-refractivity contribution in [1.82, 2.24) is 9.78 Å². The number of unbranched alkanes of at least 4 members (excludes halogenated alkanes) is 2. The van der Waals surface area contributed by atoms with Crippen LogP contribution in [0, 0.1) is 13.8 Å². The smallest absolute Gasteiger partial charge is 0.0628 e. The molecule has 1 aromatic rings. The first-order valence-electron chi connectivity index (χ1n) is 5.79. The lowest BCUT2D eigenvalue weighted by Crippen LogP contribution is -2.03. The molecule has 0 aliphatic rings. The summed E-state index contributed by atoms with van der Waals surface area (Å²) in [5.41, 5.74) is 3.93. The Morgan fingerprint density at radius 2 is 1.93 bits per heavy atom. The van der Waals surface area contributed by atoms with Gasteiger partial charge in [-0.2, -0.15) is 5.10 Å². The van der Waals surface area contributed by atoms with Gasteiger partial charge in [-0.1, -0.05) is 13.3 Å². The van der Waals surface area contributed by atoms with Gasteiger partial charge in [0.1, 0.15) is 0 Å². The monoisotopic (exact) mass is 228 g/mol. The minimum Gasteiger partial charge on any atom is -0.269 e. The van der Waals surface area contributed by atoms with Gasteiger partial charge in [0, 0.05) is 18.1 Å². The molecule has 86 valence electrons. The molecule has 0 aliphatic carbocycles. The Hall–Kier alpha value is -0.500. The van der Waals surface area contributed by atoms with E-state index in [2.05, 4.69) is 30.6 Å². The average molecular weight is 229 g/mol. The Morgan fingerprint density at radius 3 is 2.47 bits per heavy atom. The van der Waals surface area contributed by atoms with Gasteiger partial charge >= 0.3 is 0 Å². The van der Waals surface area contributed by atoms with E-state index in [0.717, 1.165) is 25.3 Å². The third kappa shape index (κ3) is 3.23. The van der Waals surface area contributed by atoms with Crippen molar-refractivity contribution >= 4 is 11.6 Å². The first kappa shape index (κ1) is 12.6. The van der Waals surface area contributed by atoms with Crippen LogP contribution in [0.25, 0.3) is 0 Å². The third-order valence-electron chi connectivity index (χ3n) is 2.89. The molecule has 0 radical (unpaired) electrons. The quantitative estimate of drug-likeness (QED) is 0.539. The number of hydrogen-bond donors (Lipinski definition) is 0. The van der Waals surface area contributed by atoms with Gasteiger partial charge < -0.3 is 0 Å². The molecule has 1 rings (SSSR count). The highest BCUT2D eigenvalue weighted by molar-refractivity contribution is 6.17. The zero-order valence-corrected chi connectivity index (χ0v) is 10.8. The summed E-state index contributed by atoms with van der Waals surface area (Å²) in [6.07, 6.45) is 4.57. The van der Waals surface area contributed by atoms with Crippen LogP contribution in [0.1, 0.15) is 43.1 Å². The maximum absolute atomic E-state index is 5.64. The maximum Gasteiger partial charge on any atom is 0.0628 e. The first-order chi connectivity index (χ1) is 7.20. The summed E-state index contributed by atoms with van der Waals surface area (Å²) in [7, 11) is 0. The molecule has 1 heterocycles. The predicted molar refractivity (Wildman–Crippen MR) is 65.7 cm³/mol. The van der Waals surface area contributed by atoms with Crippen molar-refractivity contribution in [3.63, 3.8) is 0 Å². The van der Waals surface area contributed by atoms with E-state index in [1.807, 2.05) is 0 Å². The molecule has 0 saturated carbocycles. The van der Waals surface area contributed by atoms with Gasteiger partial charge in [0.15, 0.2) is 0 Å². The second-order valence-electron chi connectivity index (χ2n) is 3.98. The topological polar surface area (TPSA) is 17.8 Å². The van der Waals surface area contributed by atoms with E-state index in [9.17, 15) is 0 Å². The van der Waals surface area contributed by atoms with Crippen LogP contribution in [0.3, 0.4) is 0 Å². The van der Waals surface area contributed by atoms with E-state index in [-0.39, 0.29) is 0 Å². The van der Waals surface area contributed by atoms with Gasteiger partial charge in [-0.05, 0) is 38.7 Å². The van der Waals surface area contributed by atoms with Crippen molar-refractivity contribution in [2.24, 2.45) is 0 Å². The van der Waals surface area contributed by atoms with E-state index >= 15 is 0 Å². The molecule has 0 spiro atoms. The van der Waals surface area contributed by atoms with Crippen molar-refractivity contribution in [2.45, 2.75) is 53.0 Å². The average Bonchev–Trinajstić information content (AvgIpc) is 2.49. The van der Waals surface area contributed by atoms with Crippen LogP contribution < -0.4 is 0 Å². The van der Waals surface area contributed by atoms with Crippen molar-refractivity contribution in [2.75, 3.05) is 5.88 Å². The van der Waals surface area contributed by atoms with Crippen LogP contribution in [-0.2, 0) is 13.0 Å². The van der Waals surface area contributed by atoms with Gasteiger partial charge in [0.05, 0.1) is 5.69 Å². The van der Waals surface area contributed by atoms with Crippen LogP contribution in [0.15, 0.2) is 0 Å². The lowest BCUT2D eigenvalue weighted by molar-refractivity contribution is 0.540.